The molecule has 8 nitrogen and oxygen atoms in total. The molecule has 4 aromatic rings. The molecule has 0 aliphatic carbocycles. The number of benzene rings is 1. The lowest BCUT2D eigenvalue weighted by Crippen LogP contribution is -2.43. The Morgan fingerprint density at radius 1 is 1.03 bits per heavy atom. The number of piperazine rings is 1. The summed E-state index contributed by atoms with van der Waals surface area (Å²) < 4.78 is 16.0. The number of pyridine rings is 1. The number of halogens is 1. The number of nitrogens with zero attached hydrogens (tertiary/aromatic N) is 5. The average Bonchev–Trinajstić information content (AvgIpc) is 3.15. The van der Waals surface area contributed by atoms with Crippen molar-refractivity contribution in [2.75, 3.05) is 36.4 Å². The van der Waals surface area contributed by atoms with Crippen molar-refractivity contribution in [2.45, 2.75) is 20.8 Å². The van der Waals surface area contributed by atoms with Crippen LogP contribution >= 0.6 is 0 Å². The van der Waals surface area contributed by atoms with E-state index in [2.05, 4.69) is 20.5 Å². The molecule has 1 saturated heterocycles. The molecule has 9 heteroatoms. The molecular weight excluding hydrogens is 409 g/mol. The molecule has 2 N–H and O–H groups in total. The number of hydrogen-bond donors (Lipinski definition) is 2. The van der Waals surface area contributed by atoms with Gasteiger partial charge in [-0.2, -0.15) is 0 Å². The quantitative estimate of drug-likeness (QED) is 0.517. The van der Waals surface area contributed by atoms with Gasteiger partial charge in [-0.25, -0.2) is 19.3 Å². The van der Waals surface area contributed by atoms with Crippen LogP contribution in [-0.2, 0) is 0 Å². The lowest BCUT2D eigenvalue weighted by atomic mass is 10.1. The van der Waals surface area contributed by atoms with E-state index in [0.717, 1.165) is 43.3 Å². The fourth-order valence-electron chi connectivity index (χ4n) is 4.08. The fourth-order valence-corrected chi connectivity index (χ4v) is 4.08. The van der Waals surface area contributed by atoms with Crippen LogP contribution < -0.4 is 15.5 Å². The van der Waals surface area contributed by atoms with E-state index in [0.29, 0.717) is 28.0 Å². The predicted octanol–water partition coefficient (Wildman–Crippen LogP) is 3.00. The standard InChI is InChI=1S/C23H24FN7O/c1-13-11-31-12-16(10-18(24)22(31)26-13)29-23(32)17-4-5-19(30-8-6-25-7-9-30)21-20(17)27-14(2)15(3)28-21/h4-5,10-12,25H,6-9H2,1-3H3,(H,29,32). The molecule has 0 spiro atoms. The molecule has 0 saturated carbocycles. The van der Waals surface area contributed by atoms with Gasteiger partial charge in [0, 0.05) is 44.6 Å². The molecule has 0 atom stereocenters. The van der Waals surface area contributed by atoms with E-state index in [1.807, 2.05) is 19.9 Å². The monoisotopic (exact) mass is 433 g/mol. The first-order valence-corrected chi connectivity index (χ1v) is 10.6. The molecule has 0 unspecified atom stereocenters. The third kappa shape index (κ3) is 3.54. The van der Waals surface area contributed by atoms with Gasteiger partial charge in [0.25, 0.3) is 5.91 Å². The zero-order chi connectivity index (χ0) is 22.4. The Labute approximate surface area is 184 Å². The van der Waals surface area contributed by atoms with Crippen molar-refractivity contribution in [3.63, 3.8) is 0 Å². The maximum absolute atomic E-state index is 14.5. The first kappa shape index (κ1) is 20.3. The van der Waals surface area contributed by atoms with Crippen molar-refractivity contribution >= 4 is 34.0 Å². The summed E-state index contributed by atoms with van der Waals surface area (Å²) in [6.45, 7) is 9.10. The SMILES string of the molecule is Cc1cn2cc(NC(=O)c3ccc(N4CCNCC4)c4nc(C)c(C)nc34)cc(F)c2n1. The minimum absolute atomic E-state index is 0.225. The summed E-state index contributed by atoms with van der Waals surface area (Å²) in [6, 6.07) is 4.97. The number of amides is 1. The Morgan fingerprint density at radius 3 is 2.50 bits per heavy atom. The van der Waals surface area contributed by atoms with Gasteiger partial charge in [0.15, 0.2) is 11.5 Å². The van der Waals surface area contributed by atoms with Gasteiger partial charge < -0.3 is 19.9 Å². The molecule has 5 rings (SSSR count). The van der Waals surface area contributed by atoms with Gasteiger partial charge in [0.2, 0.25) is 0 Å². The lowest BCUT2D eigenvalue weighted by Gasteiger charge is -2.30. The highest BCUT2D eigenvalue weighted by atomic mass is 19.1. The Balaban J connectivity index is 1.56. The molecule has 1 aromatic carbocycles. The van der Waals surface area contributed by atoms with E-state index in [-0.39, 0.29) is 11.6 Å². The molecule has 1 aliphatic rings. The van der Waals surface area contributed by atoms with E-state index >= 15 is 0 Å². The summed E-state index contributed by atoms with van der Waals surface area (Å²) in [7, 11) is 0. The number of aromatic nitrogens is 4. The largest absolute Gasteiger partial charge is 0.367 e. The topological polar surface area (TPSA) is 87.5 Å². The molecule has 3 aromatic heterocycles. The number of nitrogens with one attached hydrogen (secondary N) is 2. The van der Waals surface area contributed by atoms with Crippen LogP contribution in [0.4, 0.5) is 15.8 Å². The maximum atomic E-state index is 14.5. The third-order valence-electron chi connectivity index (χ3n) is 5.80. The minimum atomic E-state index is -0.499. The number of fused-ring (bicyclic) bond motifs is 2. The fraction of sp³-hybridized carbons (Fsp3) is 0.304. The molecular formula is C23H24FN7O. The van der Waals surface area contributed by atoms with Crippen LogP contribution in [0.2, 0.25) is 0 Å². The van der Waals surface area contributed by atoms with Gasteiger partial charge in [0.05, 0.1) is 34.0 Å². The van der Waals surface area contributed by atoms with Crippen LogP contribution in [0.25, 0.3) is 16.7 Å². The molecule has 1 aliphatic heterocycles. The smallest absolute Gasteiger partial charge is 0.257 e. The summed E-state index contributed by atoms with van der Waals surface area (Å²) in [5, 5.41) is 6.16. The van der Waals surface area contributed by atoms with Crippen LogP contribution in [0.1, 0.15) is 27.4 Å². The minimum Gasteiger partial charge on any atom is -0.367 e. The van der Waals surface area contributed by atoms with Crippen molar-refractivity contribution < 1.29 is 9.18 Å². The van der Waals surface area contributed by atoms with Crippen molar-refractivity contribution in [1.82, 2.24) is 24.7 Å². The maximum Gasteiger partial charge on any atom is 0.257 e. The zero-order valence-electron chi connectivity index (χ0n) is 18.2. The lowest BCUT2D eigenvalue weighted by molar-refractivity contribution is 0.102. The number of carbonyl (C=O) groups is 1. The van der Waals surface area contributed by atoms with E-state index < -0.39 is 5.82 Å². The Morgan fingerprint density at radius 2 is 1.75 bits per heavy atom. The number of anilines is 2. The Hall–Kier alpha value is -3.59. The number of carbonyl (C=O) groups excluding carboxylic acids is 1. The average molecular weight is 433 g/mol. The first-order chi connectivity index (χ1) is 15.4. The van der Waals surface area contributed by atoms with Gasteiger partial charge >= 0.3 is 0 Å². The number of aryl methyl sites for hydroxylation is 3. The number of rotatable bonds is 3. The van der Waals surface area contributed by atoms with Crippen LogP contribution in [0.15, 0.2) is 30.6 Å². The first-order valence-electron chi connectivity index (χ1n) is 10.6. The molecule has 0 radical (unpaired) electrons. The van der Waals surface area contributed by atoms with E-state index in [9.17, 15) is 9.18 Å². The summed E-state index contributed by atoms with van der Waals surface area (Å²) in [6.07, 6.45) is 3.36. The van der Waals surface area contributed by atoms with Crippen molar-refractivity contribution in [3.8, 4) is 0 Å². The highest BCUT2D eigenvalue weighted by Crippen LogP contribution is 2.29. The van der Waals surface area contributed by atoms with Gasteiger partial charge in [-0.3, -0.25) is 4.79 Å². The van der Waals surface area contributed by atoms with Crippen molar-refractivity contribution in [2.24, 2.45) is 0 Å². The summed E-state index contributed by atoms with van der Waals surface area (Å²) >= 11 is 0. The molecule has 0 bridgehead atoms. The van der Waals surface area contributed by atoms with E-state index in [4.69, 9.17) is 9.97 Å². The van der Waals surface area contributed by atoms with Gasteiger partial charge in [-0.15, -0.1) is 0 Å². The van der Waals surface area contributed by atoms with Gasteiger partial charge in [0.1, 0.15) is 11.0 Å². The van der Waals surface area contributed by atoms with E-state index in [1.165, 1.54) is 6.07 Å². The van der Waals surface area contributed by atoms with Crippen molar-refractivity contribution in [3.05, 3.63) is 59.1 Å². The molecule has 1 amide bonds. The predicted molar refractivity (Wildman–Crippen MR) is 122 cm³/mol. The Bertz CT molecular complexity index is 1360. The van der Waals surface area contributed by atoms with Crippen LogP contribution in [0.5, 0.6) is 0 Å². The summed E-state index contributed by atoms with van der Waals surface area (Å²) in [5.74, 6) is -0.865. The Kier molecular flexibility index (Phi) is 4.97. The highest BCUT2D eigenvalue weighted by Gasteiger charge is 2.21. The molecule has 32 heavy (non-hydrogen) atoms. The van der Waals surface area contributed by atoms with E-state index in [1.54, 1.807) is 29.8 Å². The van der Waals surface area contributed by atoms with Crippen LogP contribution in [0.3, 0.4) is 0 Å². The second-order valence-corrected chi connectivity index (χ2v) is 8.10. The molecule has 1 fully saturated rings. The second kappa shape index (κ2) is 7.83. The van der Waals surface area contributed by atoms with Crippen molar-refractivity contribution in [1.29, 1.82) is 0 Å². The van der Waals surface area contributed by atoms with Crippen LogP contribution in [-0.4, -0.2) is 51.4 Å². The third-order valence-corrected chi connectivity index (χ3v) is 5.80. The summed E-state index contributed by atoms with van der Waals surface area (Å²) in [5.41, 5.74) is 5.47. The number of hydrogen-bond acceptors (Lipinski definition) is 6. The van der Waals surface area contributed by atoms with Gasteiger partial charge in [-0.1, -0.05) is 0 Å². The van der Waals surface area contributed by atoms with Gasteiger partial charge in [-0.05, 0) is 32.9 Å². The molecule has 4 heterocycles. The zero-order valence-corrected chi connectivity index (χ0v) is 18.2. The number of imidazole rings is 1. The second-order valence-electron chi connectivity index (χ2n) is 8.10. The van der Waals surface area contributed by atoms with Crippen LogP contribution in [0, 0.1) is 26.6 Å². The normalized spacial score (nSPS) is 14.3. The highest BCUT2D eigenvalue weighted by molar-refractivity contribution is 6.13. The molecule has 164 valence electrons. The summed E-state index contributed by atoms with van der Waals surface area (Å²) in [4.78, 5) is 29.1.